The molecule has 1 aromatic rings. The van der Waals surface area contributed by atoms with E-state index in [4.69, 9.17) is 11.6 Å². The van der Waals surface area contributed by atoms with Crippen LogP contribution in [0.4, 0.5) is 10.1 Å². The van der Waals surface area contributed by atoms with Crippen LogP contribution in [0.15, 0.2) is 18.2 Å². The van der Waals surface area contributed by atoms with E-state index in [2.05, 4.69) is 0 Å². The number of nitrogens with zero attached hydrogens (tertiary/aromatic N) is 1. The third-order valence-corrected chi connectivity index (χ3v) is 3.23. The van der Waals surface area contributed by atoms with Crippen molar-refractivity contribution in [2.75, 3.05) is 4.90 Å². The minimum absolute atomic E-state index is 0.0204. The zero-order chi connectivity index (χ0) is 13.9. The second kappa shape index (κ2) is 6.19. The standard InChI is InChI=1S/C14H19ClFNO/c1-5-10(4)17(14(18)9(2)3)11-6-7-13(16)12(15)8-11/h6-10H,5H2,1-4H3. The van der Waals surface area contributed by atoms with E-state index in [0.717, 1.165) is 6.42 Å². The third kappa shape index (κ3) is 3.22. The highest BCUT2D eigenvalue weighted by atomic mass is 35.5. The number of rotatable bonds is 4. The van der Waals surface area contributed by atoms with Crippen LogP contribution in [0.3, 0.4) is 0 Å². The number of hydrogen-bond donors (Lipinski definition) is 0. The lowest BCUT2D eigenvalue weighted by molar-refractivity contribution is -0.121. The Morgan fingerprint density at radius 2 is 2.00 bits per heavy atom. The number of halogens is 2. The van der Waals surface area contributed by atoms with Gasteiger partial charge < -0.3 is 4.90 Å². The number of carbonyl (C=O) groups excluding carboxylic acids is 1. The molecule has 0 bridgehead atoms. The zero-order valence-corrected chi connectivity index (χ0v) is 12.0. The highest BCUT2D eigenvalue weighted by Gasteiger charge is 2.23. The largest absolute Gasteiger partial charge is 0.309 e. The molecule has 1 unspecified atom stereocenters. The predicted molar refractivity (Wildman–Crippen MR) is 73.5 cm³/mol. The summed E-state index contributed by atoms with van der Waals surface area (Å²) in [6, 6.07) is 4.44. The fourth-order valence-electron chi connectivity index (χ4n) is 1.69. The van der Waals surface area contributed by atoms with Crippen LogP contribution in [-0.2, 0) is 4.79 Å². The SMILES string of the molecule is CCC(C)N(C(=O)C(C)C)c1ccc(F)c(Cl)c1. The Kier molecular flexibility index (Phi) is 5.15. The Morgan fingerprint density at radius 1 is 1.39 bits per heavy atom. The lowest BCUT2D eigenvalue weighted by atomic mass is 10.1. The van der Waals surface area contributed by atoms with Gasteiger partial charge in [0.05, 0.1) is 5.02 Å². The second-order valence-corrected chi connectivity index (χ2v) is 5.13. The molecule has 0 radical (unpaired) electrons. The third-order valence-electron chi connectivity index (χ3n) is 2.94. The number of carbonyl (C=O) groups is 1. The van der Waals surface area contributed by atoms with Gasteiger partial charge in [-0.3, -0.25) is 4.79 Å². The van der Waals surface area contributed by atoms with Gasteiger partial charge >= 0.3 is 0 Å². The van der Waals surface area contributed by atoms with Crippen molar-refractivity contribution in [1.82, 2.24) is 0 Å². The average molecular weight is 272 g/mol. The van der Waals surface area contributed by atoms with Crippen LogP contribution in [0.25, 0.3) is 0 Å². The van der Waals surface area contributed by atoms with Crippen LogP contribution in [0.2, 0.25) is 5.02 Å². The molecule has 1 rings (SSSR count). The molecule has 0 aliphatic carbocycles. The summed E-state index contributed by atoms with van der Waals surface area (Å²) in [5, 5.41) is 0.0392. The molecule has 100 valence electrons. The van der Waals surface area contributed by atoms with Gasteiger partial charge in [0.25, 0.3) is 0 Å². The molecule has 18 heavy (non-hydrogen) atoms. The van der Waals surface area contributed by atoms with E-state index in [1.54, 1.807) is 11.0 Å². The average Bonchev–Trinajstić information content (AvgIpc) is 2.33. The molecule has 0 N–H and O–H groups in total. The highest BCUT2D eigenvalue weighted by Crippen LogP contribution is 2.26. The van der Waals surface area contributed by atoms with Gasteiger partial charge in [0.1, 0.15) is 5.82 Å². The lowest BCUT2D eigenvalue weighted by Crippen LogP contribution is -2.41. The van der Waals surface area contributed by atoms with Gasteiger partial charge in [0.2, 0.25) is 5.91 Å². The molecule has 0 aliphatic rings. The van der Waals surface area contributed by atoms with Crippen molar-refractivity contribution in [2.45, 2.75) is 40.2 Å². The van der Waals surface area contributed by atoms with Crippen molar-refractivity contribution in [3.63, 3.8) is 0 Å². The maximum atomic E-state index is 13.2. The fraction of sp³-hybridized carbons (Fsp3) is 0.500. The summed E-state index contributed by atoms with van der Waals surface area (Å²) < 4.78 is 13.2. The Hall–Kier alpha value is -1.09. The lowest BCUT2D eigenvalue weighted by Gasteiger charge is -2.30. The molecule has 4 heteroatoms. The first-order valence-corrected chi connectivity index (χ1v) is 6.54. The molecule has 2 nitrogen and oxygen atoms in total. The van der Waals surface area contributed by atoms with Crippen LogP contribution in [-0.4, -0.2) is 11.9 Å². The maximum absolute atomic E-state index is 13.2. The Labute approximate surface area is 113 Å². The molecular formula is C14H19ClFNO. The van der Waals surface area contributed by atoms with Crippen molar-refractivity contribution in [2.24, 2.45) is 5.92 Å². The summed E-state index contributed by atoms with van der Waals surface area (Å²) in [4.78, 5) is 13.9. The van der Waals surface area contributed by atoms with Gasteiger partial charge in [-0.05, 0) is 31.5 Å². The van der Waals surface area contributed by atoms with Gasteiger partial charge in [-0.15, -0.1) is 0 Å². The minimum atomic E-state index is -0.471. The van der Waals surface area contributed by atoms with Gasteiger partial charge in [0.15, 0.2) is 0 Å². The van der Waals surface area contributed by atoms with Crippen LogP contribution >= 0.6 is 11.6 Å². The van der Waals surface area contributed by atoms with E-state index < -0.39 is 5.82 Å². The van der Waals surface area contributed by atoms with Gasteiger partial charge in [-0.25, -0.2) is 4.39 Å². The first kappa shape index (κ1) is 15.0. The second-order valence-electron chi connectivity index (χ2n) is 4.72. The molecular weight excluding hydrogens is 253 g/mol. The summed E-state index contributed by atoms with van der Waals surface area (Å²) in [7, 11) is 0. The number of amides is 1. The highest BCUT2D eigenvalue weighted by molar-refractivity contribution is 6.31. The first-order chi connectivity index (χ1) is 8.38. The van der Waals surface area contributed by atoms with E-state index in [0.29, 0.717) is 5.69 Å². The van der Waals surface area contributed by atoms with Gasteiger partial charge in [-0.2, -0.15) is 0 Å². The van der Waals surface area contributed by atoms with E-state index in [9.17, 15) is 9.18 Å². The van der Waals surface area contributed by atoms with E-state index in [1.807, 2.05) is 27.7 Å². The van der Waals surface area contributed by atoms with Crippen molar-refractivity contribution in [3.8, 4) is 0 Å². The Morgan fingerprint density at radius 3 is 2.44 bits per heavy atom. The Bertz CT molecular complexity index is 434. The molecule has 1 atom stereocenters. The molecule has 0 aliphatic heterocycles. The monoisotopic (exact) mass is 271 g/mol. The number of benzene rings is 1. The first-order valence-electron chi connectivity index (χ1n) is 6.16. The molecule has 0 saturated heterocycles. The quantitative estimate of drug-likeness (QED) is 0.801. The normalized spacial score (nSPS) is 12.6. The summed E-state index contributed by atoms with van der Waals surface area (Å²) in [6.45, 7) is 7.68. The van der Waals surface area contributed by atoms with Crippen molar-refractivity contribution >= 4 is 23.2 Å². The molecule has 0 spiro atoms. The molecule has 1 amide bonds. The number of anilines is 1. The predicted octanol–water partition coefficient (Wildman–Crippen LogP) is 4.27. The smallest absolute Gasteiger partial charge is 0.229 e. The van der Waals surface area contributed by atoms with Crippen LogP contribution in [0.1, 0.15) is 34.1 Å². The molecule has 0 fully saturated rings. The van der Waals surface area contributed by atoms with E-state index in [-0.39, 0.29) is 22.9 Å². The molecule has 1 aromatic carbocycles. The zero-order valence-electron chi connectivity index (χ0n) is 11.2. The molecule has 0 heterocycles. The topological polar surface area (TPSA) is 20.3 Å². The van der Waals surface area contributed by atoms with Crippen molar-refractivity contribution in [1.29, 1.82) is 0 Å². The van der Waals surface area contributed by atoms with Crippen molar-refractivity contribution < 1.29 is 9.18 Å². The molecule has 0 aromatic heterocycles. The maximum Gasteiger partial charge on any atom is 0.229 e. The Balaban J connectivity index is 3.17. The van der Waals surface area contributed by atoms with E-state index >= 15 is 0 Å². The summed E-state index contributed by atoms with van der Waals surface area (Å²) in [6.07, 6.45) is 0.827. The van der Waals surface area contributed by atoms with Crippen LogP contribution in [0.5, 0.6) is 0 Å². The number of hydrogen-bond acceptors (Lipinski definition) is 1. The van der Waals surface area contributed by atoms with E-state index in [1.165, 1.54) is 12.1 Å². The van der Waals surface area contributed by atoms with Crippen LogP contribution < -0.4 is 4.90 Å². The molecule has 0 saturated carbocycles. The summed E-state index contributed by atoms with van der Waals surface area (Å²) >= 11 is 5.78. The summed E-state index contributed by atoms with van der Waals surface area (Å²) in [5.74, 6) is -0.559. The summed E-state index contributed by atoms with van der Waals surface area (Å²) in [5.41, 5.74) is 0.648. The van der Waals surface area contributed by atoms with Crippen LogP contribution in [0, 0.1) is 11.7 Å². The van der Waals surface area contributed by atoms with Crippen molar-refractivity contribution in [3.05, 3.63) is 29.0 Å². The fourth-order valence-corrected chi connectivity index (χ4v) is 1.87. The minimum Gasteiger partial charge on any atom is -0.309 e. The van der Waals surface area contributed by atoms with Gasteiger partial charge in [0, 0.05) is 17.6 Å². The van der Waals surface area contributed by atoms with Gasteiger partial charge in [-0.1, -0.05) is 32.4 Å².